The third-order valence-electron chi connectivity index (χ3n) is 4.06. The predicted molar refractivity (Wildman–Crippen MR) is 89.2 cm³/mol. The summed E-state index contributed by atoms with van der Waals surface area (Å²) >= 11 is 6.25. The fraction of sp³-hybridized carbons (Fsp3) is 0.588. The lowest BCUT2D eigenvalue weighted by Crippen LogP contribution is -2.47. The van der Waals surface area contributed by atoms with Gasteiger partial charge in [-0.3, -0.25) is 9.69 Å². The van der Waals surface area contributed by atoms with E-state index in [2.05, 4.69) is 15.9 Å². The lowest BCUT2D eigenvalue weighted by Gasteiger charge is -2.36. The Morgan fingerprint density at radius 2 is 1.76 bits per heavy atom. The van der Waals surface area contributed by atoms with Gasteiger partial charge in [0, 0.05) is 44.6 Å². The first-order valence-corrected chi connectivity index (χ1v) is 8.01. The molecule has 1 fully saturated rings. The number of rotatable bonds is 4. The molecule has 3 nitrogen and oxygen atoms in total. The molecule has 0 radical (unpaired) electrons. The Balaban J connectivity index is 1.81. The zero-order valence-electron chi connectivity index (χ0n) is 13.2. The van der Waals surface area contributed by atoms with Crippen LogP contribution in [-0.2, 0) is 4.79 Å². The molecule has 0 saturated carbocycles. The summed E-state index contributed by atoms with van der Waals surface area (Å²) in [5, 5.41) is 0.814. The SMILES string of the molecule is CC(C)(C)C(=O)CCN1CCN(c2ccccc2Cl)CC1. The van der Waals surface area contributed by atoms with Crippen LogP contribution in [0, 0.1) is 5.41 Å². The second-order valence-electron chi connectivity index (χ2n) is 6.70. The molecule has 0 amide bonds. The van der Waals surface area contributed by atoms with E-state index in [1.165, 1.54) is 0 Å². The smallest absolute Gasteiger partial charge is 0.139 e. The maximum absolute atomic E-state index is 12.0. The average Bonchev–Trinajstić information content (AvgIpc) is 2.45. The van der Waals surface area contributed by atoms with E-state index in [0.29, 0.717) is 12.2 Å². The van der Waals surface area contributed by atoms with Crippen molar-refractivity contribution in [3.63, 3.8) is 0 Å². The van der Waals surface area contributed by atoms with Crippen LogP contribution in [0.5, 0.6) is 0 Å². The minimum absolute atomic E-state index is 0.223. The van der Waals surface area contributed by atoms with Crippen LogP contribution in [0.3, 0.4) is 0 Å². The second-order valence-corrected chi connectivity index (χ2v) is 7.11. The van der Waals surface area contributed by atoms with E-state index in [-0.39, 0.29) is 5.41 Å². The quantitative estimate of drug-likeness (QED) is 0.851. The summed E-state index contributed by atoms with van der Waals surface area (Å²) in [4.78, 5) is 16.7. The van der Waals surface area contributed by atoms with E-state index < -0.39 is 0 Å². The van der Waals surface area contributed by atoms with Crippen molar-refractivity contribution in [1.29, 1.82) is 0 Å². The molecule has 116 valence electrons. The zero-order valence-corrected chi connectivity index (χ0v) is 14.0. The molecule has 0 N–H and O–H groups in total. The van der Waals surface area contributed by atoms with Crippen LogP contribution in [0.2, 0.25) is 5.02 Å². The maximum Gasteiger partial charge on any atom is 0.139 e. The molecule has 1 heterocycles. The first-order chi connectivity index (χ1) is 9.88. The highest BCUT2D eigenvalue weighted by Gasteiger charge is 2.23. The molecule has 21 heavy (non-hydrogen) atoms. The Kier molecular flexibility index (Phi) is 5.28. The second kappa shape index (κ2) is 6.80. The fourth-order valence-electron chi connectivity index (χ4n) is 2.56. The van der Waals surface area contributed by atoms with Gasteiger partial charge in [-0.05, 0) is 12.1 Å². The van der Waals surface area contributed by atoms with Crippen molar-refractivity contribution in [1.82, 2.24) is 4.90 Å². The van der Waals surface area contributed by atoms with Crippen molar-refractivity contribution >= 4 is 23.1 Å². The van der Waals surface area contributed by atoms with Crippen LogP contribution in [0.1, 0.15) is 27.2 Å². The van der Waals surface area contributed by atoms with Crippen molar-refractivity contribution in [3.05, 3.63) is 29.3 Å². The van der Waals surface area contributed by atoms with Crippen molar-refractivity contribution in [2.45, 2.75) is 27.2 Å². The Morgan fingerprint density at radius 1 is 1.14 bits per heavy atom. The van der Waals surface area contributed by atoms with Gasteiger partial charge in [0.25, 0.3) is 0 Å². The van der Waals surface area contributed by atoms with Crippen LogP contribution in [0.25, 0.3) is 0 Å². The minimum atomic E-state index is -0.223. The molecule has 0 atom stereocenters. The predicted octanol–water partition coefficient (Wildman–Crippen LogP) is 3.47. The van der Waals surface area contributed by atoms with Gasteiger partial charge in [-0.15, -0.1) is 0 Å². The Morgan fingerprint density at radius 3 is 2.33 bits per heavy atom. The topological polar surface area (TPSA) is 23.6 Å². The summed E-state index contributed by atoms with van der Waals surface area (Å²) in [5.41, 5.74) is 0.893. The first-order valence-electron chi connectivity index (χ1n) is 7.63. The van der Waals surface area contributed by atoms with Gasteiger partial charge in [0.2, 0.25) is 0 Å². The number of hydrogen-bond acceptors (Lipinski definition) is 3. The number of ketones is 1. The molecule has 1 aliphatic rings. The van der Waals surface area contributed by atoms with Gasteiger partial charge >= 0.3 is 0 Å². The van der Waals surface area contributed by atoms with Crippen LogP contribution >= 0.6 is 11.6 Å². The number of nitrogens with zero attached hydrogens (tertiary/aromatic N) is 2. The van der Waals surface area contributed by atoms with Crippen molar-refractivity contribution in [2.75, 3.05) is 37.6 Å². The van der Waals surface area contributed by atoms with Crippen molar-refractivity contribution in [3.8, 4) is 0 Å². The monoisotopic (exact) mass is 308 g/mol. The zero-order chi connectivity index (χ0) is 15.5. The lowest BCUT2D eigenvalue weighted by atomic mass is 9.89. The summed E-state index contributed by atoms with van der Waals surface area (Å²) in [5.74, 6) is 0.344. The van der Waals surface area contributed by atoms with Crippen LogP contribution in [0.15, 0.2) is 24.3 Å². The van der Waals surface area contributed by atoms with E-state index in [9.17, 15) is 4.79 Å². The summed E-state index contributed by atoms with van der Waals surface area (Å²) < 4.78 is 0. The molecule has 1 aliphatic heterocycles. The maximum atomic E-state index is 12.0. The van der Waals surface area contributed by atoms with Crippen molar-refractivity contribution in [2.24, 2.45) is 5.41 Å². The van der Waals surface area contributed by atoms with E-state index in [1.807, 2.05) is 39.0 Å². The first kappa shape index (κ1) is 16.3. The van der Waals surface area contributed by atoms with E-state index in [0.717, 1.165) is 43.4 Å². The molecule has 0 aromatic heterocycles. The number of hydrogen-bond donors (Lipinski definition) is 0. The van der Waals surface area contributed by atoms with Gasteiger partial charge in [0.15, 0.2) is 0 Å². The third kappa shape index (κ3) is 4.45. The summed E-state index contributed by atoms with van der Waals surface area (Å²) in [6, 6.07) is 7.99. The number of anilines is 1. The number of carbonyl (C=O) groups is 1. The Bertz CT molecular complexity index is 488. The van der Waals surface area contributed by atoms with Gasteiger partial charge in [-0.1, -0.05) is 44.5 Å². The standard InChI is InChI=1S/C17H25ClN2O/c1-17(2,3)16(21)8-9-19-10-12-20(13-11-19)15-7-5-4-6-14(15)18/h4-7H,8-13H2,1-3H3. The Hall–Kier alpha value is -1.06. The summed E-state index contributed by atoms with van der Waals surface area (Å²) in [6.45, 7) is 10.7. The van der Waals surface area contributed by atoms with Gasteiger partial charge in [0.1, 0.15) is 5.78 Å². The fourth-order valence-corrected chi connectivity index (χ4v) is 2.81. The molecule has 0 bridgehead atoms. The number of halogens is 1. The molecular weight excluding hydrogens is 284 g/mol. The number of carbonyl (C=O) groups excluding carboxylic acids is 1. The number of benzene rings is 1. The lowest BCUT2D eigenvalue weighted by molar-refractivity contribution is -0.126. The molecule has 4 heteroatoms. The third-order valence-corrected chi connectivity index (χ3v) is 4.38. The average molecular weight is 309 g/mol. The molecular formula is C17H25ClN2O. The van der Waals surface area contributed by atoms with Crippen molar-refractivity contribution < 1.29 is 4.79 Å². The Labute approximate surface area is 132 Å². The highest BCUT2D eigenvalue weighted by Crippen LogP contribution is 2.26. The highest BCUT2D eigenvalue weighted by atomic mass is 35.5. The number of para-hydroxylation sites is 1. The number of piperazine rings is 1. The number of Topliss-reactive ketones (excluding diaryl/α,β-unsaturated/α-hetero) is 1. The molecule has 0 aliphatic carbocycles. The molecule has 0 spiro atoms. The molecule has 1 saturated heterocycles. The highest BCUT2D eigenvalue weighted by molar-refractivity contribution is 6.33. The van der Waals surface area contributed by atoms with Gasteiger partial charge in [-0.2, -0.15) is 0 Å². The normalized spacial score (nSPS) is 17.0. The van der Waals surface area contributed by atoms with Gasteiger partial charge in [0.05, 0.1) is 10.7 Å². The largest absolute Gasteiger partial charge is 0.368 e. The van der Waals surface area contributed by atoms with E-state index >= 15 is 0 Å². The van der Waals surface area contributed by atoms with Crippen LogP contribution < -0.4 is 4.90 Å². The molecule has 1 aromatic rings. The summed E-state index contributed by atoms with van der Waals surface area (Å²) in [6.07, 6.45) is 0.648. The minimum Gasteiger partial charge on any atom is -0.368 e. The molecule has 2 rings (SSSR count). The summed E-state index contributed by atoms with van der Waals surface area (Å²) in [7, 11) is 0. The van der Waals surface area contributed by atoms with E-state index in [4.69, 9.17) is 11.6 Å². The van der Waals surface area contributed by atoms with Gasteiger partial charge in [-0.25, -0.2) is 0 Å². The van der Waals surface area contributed by atoms with Gasteiger partial charge < -0.3 is 4.90 Å². The van der Waals surface area contributed by atoms with E-state index in [1.54, 1.807) is 0 Å². The molecule has 1 aromatic carbocycles. The van der Waals surface area contributed by atoms with Crippen LogP contribution in [0.4, 0.5) is 5.69 Å². The van der Waals surface area contributed by atoms with Crippen LogP contribution in [-0.4, -0.2) is 43.4 Å². The molecule has 0 unspecified atom stereocenters.